The molecule has 0 aromatic rings. The third kappa shape index (κ3) is 1.80. The van der Waals surface area contributed by atoms with Gasteiger partial charge in [0.1, 0.15) is 5.44 Å². The lowest BCUT2D eigenvalue weighted by molar-refractivity contribution is 0.0250. The second-order valence-electron chi connectivity index (χ2n) is 3.98. The fourth-order valence-electron chi connectivity index (χ4n) is 2.25. The van der Waals surface area contributed by atoms with Crippen molar-refractivity contribution < 1.29 is 8.95 Å². The quantitative estimate of drug-likeness (QED) is 0.624. The smallest absolute Gasteiger partial charge is 0.130 e. The monoisotopic (exact) mass is 203 g/mol. The van der Waals surface area contributed by atoms with E-state index in [0.717, 1.165) is 12.3 Å². The lowest BCUT2D eigenvalue weighted by atomic mass is 10.1. The van der Waals surface area contributed by atoms with Crippen molar-refractivity contribution in [1.82, 2.24) is 4.90 Å². The van der Waals surface area contributed by atoms with Crippen LogP contribution in [-0.2, 0) is 15.5 Å². The Morgan fingerprint density at radius 1 is 1.54 bits per heavy atom. The highest BCUT2D eigenvalue weighted by Gasteiger charge is 2.38. The molecule has 2 saturated heterocycles. The van der Waals surface area contributed by atoms with E-state index in [1.54, 1.807) is 0 Å². The van der Waals surface area contributed by atoms with Gasteiger partial charge in [0.2, 0.25) is 0 Å². The van der Waals surface area contributed by atoms with Gasteiger partial charge in [0.15, 0.2) is 0 Å². The summed E-state index contributed by atoms with van der Waals surface area (Å²) in [7, 11) is 1.37. The number of nitrogens with zero attached hydrogens (tertiary/aromatic N) is 1. The number of hydrogen-bond donors (Lipinski definition) is 0. The lowest BCUT2D eigenvalue weighted by Crippen LogP contribution is -2.38. The number of likely N-dealkylation sites (N-methyl/N-ethyl adjacent to an activating group) is 1. The van der Waals surface area contributed by atoms with Gasteiger partial charge < -0.3 is 9.64 Å². The Labute approximate surface area is 81.9 Å². The zero-order valence-corrected chi connectivity index (χ0v) is 9.05. The van der Waals surface area contributed by atoms with E-state index < -0.39 is 10.8 Å². The molecule has 13 heavy (non-hydrogen) atoms. The number of likely N-dealkylation sites (tertiary alicyclic amines) is 1. The highest BCUT2D eigenvalue weighted by molar-refractivity contribution is 7.85. The van der Waals surface area contributed by atoms with Crippen LogP contribution in [0, 0.1) is 0 Å². The molecule has 2 aliphatic rings. The van der Waals surface area contributed by atoms with Crippen molar-refractivity contribution in [2.24, 2.45) is 0 Å². The van der Waals surface area contributed by atoms with E-state index in [1.165, 1.54) is 12.8 Å². The van der Waals surface area contributed by atoms with Gasteiger partial charge in [-0.15, -0.1) is 0 Å². The summed E-state index contributed by atoms with van der Waals surface area (Å²) in [6, 6.07) is 0.508. The van der Waals surface area contributed by atoms with E-state index in [-0.39, 0.29) is 11.5 Å². The first kappa shape index (κ1) is 9.62. The van der Waals surface area contributed by atoms with Gasteiger partial charge in [0, 0.05) is 6.04 Å². The Hall–Kier alpha value is 0.0700. The average molecular weight is 203 g/mol. The molecule has 2 fully saturated rings. The van der Waals surface area contributed by atoms with E-state index in [0.29, 0.717) is 6.04 Å². The van der Waals surface area contributed by atoms with Crippen LogP contribution in [0.2, 0.25) is 0 Å². The Morgan fingerprint density at radius 2 is 2.31 bits per heavy atom. The van der Waals surface area contributed by atoms with E-state index in [9.17, 15) is 4.21 Å². The molecule has 0 spiro atoms. The molecule has 2 rings (SSSR count). The van der Waals surface area contributed by atoms with Crippen molar-refractivity contribution in [3.63, 3.8) is 0 Å². The van der Waals surface area contributed by atoms with Crippen LogP contribution in [0.1, 0.15) is 19.8 Å². The minimum Gasteiger partial charge on any atom is -0.359 e. The van der Waals surface area contributed by atoms with Gasteiger partial charge in [-0.3, -0.25) is 4.21 Å². The summed E-state index contributed by atoms with van der Waals surface area (Å²) in [5.74, 6) is 0.732. The van der Waals surface area contributed by atoms with Crippen LogP contribution in [0.3, 0.4) is 0 Å². The van der Waals surface area contributed by atoms with Crippen molar-refractivity contribution in [1.29, 1.82) is 0 Å². The summed E-state index contributed by atoms with van der Waals surface area (Å²) in [6.45, 7) is 3.07. The van der Waals surface area contributed by atoms with Gasteiger partial charge in [-0.2, -0.15) is 0 Å². The molecule has 0 N–H and O–H groups in total. The number of hydrogen-bond acceptors (Lipinski definition) is 3. The normalized spacial score (nSPS) is 47.2. The van der Waals surface area contributed by atoms with Crippen molar-refractivity contribution >= 4 is 10.8 Å². The van der Waals surface area contributed by atoms with Crippen molar-refractivity contribution in [2.75, 3.05) is 19.3 Å². The molecule has 2 heterocycles. The minimum absolute atomic E-state index is 0.0565. The zero-order chi connectivity index (χ0) is 9.42. The second-order valence-corrected chi connectivity index (χ2v) is 5.74. The van der Waals surface area contributed by atoms with Crippen LogP contribution in [-0.4, -0.2) is 46.0 Å². The summed E-state index contributed by atoms with van der Waals surface area (Å²) in [6.07, 6.45) is 2.66. The standard InChI is InChI=1S/C9H17NO2S/c1-7-12-9(6-13(7)11)8-4-3-5-10(8)2/h7-9H,3-6H2,1-2H3/t7-,8-,9+,13+/m1/s1. The van der Waals surface area contributed by atoms with E-state index >= 15 is 0 Å². The number of rotatable bonds is 1. The fraction of sp³-hybridized carbons (Fsp3) is 1.00. The first-order chi connectivity index (χ1) is 6.18. The highest BCUT2D eigenvalue weighted by atomic mass is 32.2. The molecule has 4 heteroatoms. The summed E-state index contributed by atoms with van der Waals surface area (Å²) in [4.78, 5) is 2.33. The molecule has 0 aromatic carbocycles. The first-order valence-corrected chi connectivity index (χ1v) is 6.29. The van der Waals surface area contributed by atoms with E-state index in [2.05, 4.69) is 11.9 Å². The van der Waals surface area contributed by atoms with Crippen LogP contribution < -0.4 is 0 Å². The molecule has 2 aliphatic heterocycles. The van der Waals surface area contributed by atoms with Crippen LogP contribution in [0.25, 0.3) is 0 Å². The summed E-state index contributed by atoms with van der Waals surface area (Å²) in [5.41, 5.74) is -0.0565. The minimum atomic E-state index is -0.758. The first-order valence-electron chi connectivity index (χ1n) is 4.91. The second kappa shape index (κ2) is 3.67. The molecule has 76 valence electrons. The molecule has 4 atom stereocenters. The third-order valence-corrected chi connectivity index (χ3v) is 4.58. The van der Waals surface area contributed by atoms with Crippen LogP contribution in [0.5, 0.6) is 0 Å². The lowest BCUT2D eigenvalue weighted by Gasteiger charge is -2.24. The summed E-state index contributed by atoms with van der Waals surface area (Å²) < 4.78 is 17.1. The molecule has 0 unspecified atom stereocenters. The van der Waals surface area contributed by atoms with Crippen molar-refractivity contribution in [2.45, 2.75) is 37.3 Å². The molecule has 0 aromatic heterocycles. The van der Waals surface area contributed by atoms with E-state index in [1.807, 2.05) is 6.92 Å². The third-order valence-electron chi connectivity index (χ3n) is 3.07. The van der Waals surface area contributed by atoms with Crippen LogP contribution in [0.15, 0.2) is 0 Å². The largest absolute Gasteiger partial charge is 0.359 e. The van der Waals surface area contributed by atoms with E-state index in [4.69, 9.17) is 4.74 Å². The SMILES string of the molecule is C[C@@H]1O[C@H]([C@H]2CCCN2C)C[S@@]1=O. The fourth-order valence-corrected chi connectivity index (χ4v) is 3.41. The molecular weight excluding hydrogens is 186 g/mol. The topological polar surface area (TPSA) is 29.5 Å². The summed E-state index contributed by atoms with van der Waals surface area (Å²) >= 11 is 0. The maximum absolute atomic E-state index is 11.4. The van der Waals surface area contributed by atoms with Crippen LogP contribution in [0.4, 0.5) is 0 Å². The highest BCUT2D eigenvalue weighted by Crippen LogP contribution is 2.26. The van der Waals surface area contributed by atoms with Crippen molar-refractivity contribution in [3.05, 3.63) is 0 Å². The van der Waals surface area contributed by atoms with Gasteiger partial charge in [0.25, 0.3) is 0 Å². The van der Waals surface area contributed by atoms with Gasteiger partial charge in [-0.05, 0) is 33.4 Å². The Balaban J connectivity index is 1.98. The molecule has 0 aliphatic carbocycles. The molecule has 0 bridgehead atoms. The molecule has 0 radical (unpaired) electrons. The summed E-state index contributed by atoms with van der Waals surface area (Å²) in [5, 5.41) is 0. The van der Waals surface area contributed by atoms with Gasteiger partial charge in [-0.25, -0.2) is 0 Å². The average Bonchev–Trinajstić information content (AvgIpc) is 2.60. The predicted molar refractivity (Wildman–Crippen MR) is 53.0 cm³/mol. The Bertz CT molecular complexity index is 222. The van der Waals surface area contributed by atoms with Crippen molar-refractivity contribution in [3.8, 4) is 0 Å². The zero-order valence-electron chi connectivity index (χ0n) is 8.23. The number of ether oxygens (including phenoxy) is 1. The predicted octanol–water partition coefficient (Wildman–Crippen LogP) is 0.574. The van der Waals surface area contributed by atoms with Gasteiger partial charge in [-0.1, -0.05) is 0 Å². The van der Waals surface area contributed by atoms with Gasteiger partial charge >= 0.3 is 0 Å². The maximum Gasteiger partial charge on any atom is 0.130 e. The molecular formula is C9H17NO2S. The van der Waals surface area contributed by atoms with Gasteiger partial charge in [0.05, 0.1) is 22.7 Å². The Morgan fingerprint density at radius 3 is 2.77 bits per heavy atom. The molecule has 0 saturated carbocycles. The maximum atomic E-state index is 11.4. The Kier molecular flexibility index (Phi) is 2.72. The molecule has 3 nitrogen and oxygen atoms in total. The van der Waals surface area contributed by atoms with Crippen LogP contribution >= 0.6 is 0 Å². The molecule has 0 amide bonds.